The van der Waals surface area contributed by atoms with Crippen LogP contribution < -0.4 is 0 Å². The van der Waals surface area contributed by atoms with Gasteiger partial charge in [0.25, 0.3) is 5.78 Å². The number of hydrogen-bond donors (Lipinski definition) is 0. The van der Waals surface area contributed by atoms with Crippen LogP contribution in [0.2, 0.25) is 0 Å². The van der Waals surface area contributed by atoms with Gasteiger partial charge < -0.3 is 0 Å². The molecule has 0 fully saturated rings. The van der Waals surface area contributed by atoms with Crippen molar-refractivity contribution >= 4 is 17.5 Å². The van der Waals surface area contributed by atoms with Gasteiger partial charge >= 0.3 is 6.18 Å². The summed E-state index contributed by atoms with van der Waals surface area (Å²) in [4.78, 5) is 10.7. The number of Topliss-reactive ketones (excluding diaryl/α,β-unsaturated/α-hetero) is 1. The number of carbonyl (C=O) groups excluding carboxylic acids is 1. The van der Waals surface area contributed by atoms with Crippen molar-refractivity contribution < 1.29 is 18.0 Å². The third-order valence-electron chi connectivity index (χ3n) is 1.55. The van der Waals surface area contributed by atoms with E-state index in [0.29, 0.717) is 12.3 Å². The number of alkyl halides is 3. The monoisotopic (exact) mass is 239 g/mol. The zero-order valence-corrected chi connectivity index (χ0v) is 8.60. The van der Waals surface area contributed by atoms with Crippen molar-refractivity contribution in [2.45, 2.75) is 12.7 Å². The van der Waals surface area contributed by atoms with Gasteiger partial charge in [0.15, 0.2) is 5.69 Å². The van der Waals surface area contributed by atoms with E-state index in [9.17, 15) is 18.0 Å². The molecule has 0 atom stereocenters. The third kappa shape index (κ3) is 3.22. The summed E-state index contributed by atoms with van der Waals surface area (Å²) in [6, 6.07) is 0. The molecule has 0 amide bonds. The third-order valence-corrected chi connectivity index (χ3v) is 2.14. The lowest BCUT2D eigenvalue weighted by Crippen LogP contribution is -2.23. The van der Waals surface area contributed by atoms with E-state index in [-0.39, 0.29) is 0 Å². The van der Waals surface area contributed by atoms with Gasteiger partial charge in [0.2, 0.25) is 0 Å². The Kier molecular flexibility index (Phi) is 3.72. The quantitative estimate of drug-likeness (QED) is 0.745. The Balaban J connectivity index is 2.72. The normalized spacial score (nSPS) is 11.7. The molecule has 0 aromatic carbocycles. The van der Waals surface area contributed by atoms with Crippen molar-refractivity contribution in [3.8, 4) is 0 Å². The fourth-order valence-corrected chi connectivity index (χ4v) is 1.21. The highest BCUT2D eigenvalue weighted by Gasteiger charge is 2.41. The molecule has 0 saturated heterocycles. The van der Waals surface area contributed by atoms with Gasteiger partial charge in [-0.1, -0.05) is 5.21 Å². The first kappa shape index (κ1) is 12.0. The van der Waals surface area contributed by atoms with Crippen LogP contribution in [0, 0.1) is 0 Å². The van der Waals surface area contributed by atoms with Crippen LogP contribution in [0.5, 0.6) is 0 Å². The number of nitrogens with zero attached hydrogens (tertiary/aromatic N) is 3. The number of rotatable bonds is 4. The second-order valence-electron chi connectivity index (χ2n) is 2.69. The number of ketones is 1. The molecule has 0 aliphatic heterocycles. The summed E-state index contributed by atoms with van der Waals surface area (Å²) in [6.45, 7) is 0.430. The van der Waals surface area contributed by atoms with Gasteiger partial charge in [-0.2, -0.15) is 24.9 Å². The molecule has 1 heterocycles. The summed E-state index contributed by atoms with van der Waals surface area (Å²) in [7, 11) is 0. The first-order valence-corrected chi connectivity index (χ1v) is 5.35. The van der Waals surface area contributed by atoms with E-state index in [4.69, 9.17) is 0 Å². The molecule has 1 rings (SSSR count). The standard InChI is InChI=1S/C7H8F3N3OS/c1-15-3-2-13-4-5(11-12-13)6(14)7(8,9)10/h4H,2-3H2,1H3. The number of carbonyl (C=O) groups is 1. The molecule has 0 saturated carbocycles. The van der Waals surface area contributed by atoms with E-state index in [1.54, 1.807) is 0 Å². The molecule has 1 aromatic heterocycles. The van der Waals surface area contributed by atoms with Gasteiger partial charge in [-0.05, 0) is 6.26 Å². The second kappa shape index (κ2) is 4.65. The van der Waals surface area contributed by atoms with Crippen molar-refractivity contribution in [2.75, 3.05) is 12.0 Å². The highest BCUT2D eigenvalue weighted by molar-refractivity contribution is 7.98. The number of thioether (sulfide) groups is 1. The largest absolute Gasteiger partial charge is 0.456 e. The summed E-state index contributed by atoms with van der Waals surface area (Å²) in [5.41, 5.74) is -0.663. The van der Waals surface area contributed by atoms with E-state index >= 15 is 0 Å². The fraction of sp³-hybridized carbons (Fsp3) is 0.571. The molecule has 8 heteroatoms. The van der Waals surface area contributed by atoms with Crippen molar-refractivity contribution in [1.29, 1.82) is 0 Å². The summed E-state index contributed by atoms with van der Waals surface area (Å²) in [5.74, 6) is -1.26. The molecule has 0 spiro atoms. The fourth-order valence-electron chi connectivity index (χ4n) is 0.842. The molecule has 0 aliphatic carbocycles. The van der Waals surface area contributed by atoms with E-state index in [1.807, 2.05) is 6.26 Å². The van der Waals surface area contributed by atoms with Crippen molar-refractivity contribution in [3.63, 3.8) is 0 Å². The van der Waals surface area contributed by atoms with E-state index < -0.39 is 17.7 Å². The molecule has 0 aliphatic rings. The molecule has 0 radical (unpaired) electrons. The molecule has 0 N–H and O–H groups in total. The maximum Gasteiger partial charge on any atom is 0.456 e. The Hall–Kier alpha value is -1.05. The summed E-state index contributed by atoms with van der Waals surface area (Å²) in [5, 5.41) is 6.59. The molecular weight excluding hydrogens is 231 g/mol. The average Bonchev–Trinajstić information content (AvgIpc) is 2.60. The van der Waals surface area contributed by atoms with Crippen LogP contribution in [-0.4, -0.2) is 39.0 Å². The molecule has 15 heavy (non-hydrogen) atoms. The molecule has 0 bridgehead atoms. The van der Waals surface area contributed by atoms with Crippen LogP contribution >= 0.6 is 11.8 Å². The highest BCUT2D eigenvalue weighted by Crippen LogP contribution is 2.19. The van der Waals surface area contributed by atoms with Crippen LogP contribution in [0.25, 0.3) is 0 Å². The van der Waals surface area contributed by atoms with Gasteiger partial charge in [-0.25, -0.2) is 0 Å². The Bertz CT molecular complexity index is 349. The summed E-state index contributed by atoms with van der Waals surface area (Å²) in [6.07, 6.45) is -2.02. The lowest BCUT2D eigenvalue weighted by atomic mass is 10.3. The molecular formula is C7H8F3N3OS. The van der Waals surface area contributed by atoms with Crippen LogP contribution in [0.3, 0.4) is 0 Å². The average molecular weight is 239 g/mol. The number of aromatic nitrogens is 3. The van der Waals surface area contributed by atoms with Crippen LogP contribution in [0.1, 0.15) is 10.5 Å². The van der Waals surface area contributed by atoms with Gasteiger partial charge in [0.05, 0.1) is 12.7 Å². The molecule has 0 unspecified atom stereocenters. The first-order chi connectivity index (χ1) is 6.95. The van der Waals surface area contributed by atoms with E-state index in [0.717, 1.165) is 6.20 Å². The zero-order valence-electron chi connectivity index (χ0n) is 7.78. The van der Waals surface area contributed by atoms with Crippen molar-refractivity contribution in [1.82, 2.24) is 15.0 Å². The number of halogens is 3. The Morgan fingerprint density at radius 1 is 1.60 bits per heavy atom. The maximum atomic E-state index is 12.0. The smallest absolute Gasteiger partial charge is 0.282 e. The predicted molar refractivity (Wildman–Crippen MR) is 48.8 cm³/mol. The van der Waals surface area contributed by atoms with E-state index in [1.165, 1.54) is 16.4 Å². The van der Waals surface area contributed by atoms with Gasteiger partial charge in [0, 0.05) is 5.75 Å². The minimum Gasteiger partial charge on any atom is -0.282 e. The lowest BCUT2D eigenvalue weighted by molar-refractivity contribution is -0.0888. The Labute approximate surface area is 87.8 Å². The Morgan fingerprint density at radius 3 is 2.80 bits per heavy atom. The van der Waals surface area contributed by atoms with Crippen LogP contribution in [0.4, 0.5) is 13.2 Å². The van der Waals surface area contributed by atoms with Gasteiger partial charge in [0.1, 0.15) is 0 Å². The molecule has 4 nitrogen and oxygen atoms in total. The van der Waals surface area contributed by atoms with Crippen molar-refractivity contribution in [3.05, 3.63) is 11.9 Å². The SMILES string of the molecule is CSCCn1cc(C(=O)C(F)(F)F)nn1. The highest BCUT2D eigenvalue weighted by atomic mass is 32.2. The zero-order chi connectivity index (χ0) is 11.5. The topological polar surface area (TPSA) is 47.8 Å². The molecule has 1 aromatic rings. The minimum absolute atomic E-state index is 0.430. The predicted octanol–water partition coefficient (Wildman–Crippen LogP) is 1.39. The second-order valence-corrected chi connectivity index (χ2v) is 3.67. The summed E-state index contributed by atoms with van der Waals surface area (Å²) < 4.78 is 37.1. The lowest BCUT2D eigenvalue weighted by Gasteiger charge is -2.00. The van der Waals surface area contributed by atoms with Gasteiger partial charge in [-0.15, -0.1) is 5.10 Å². The van der Waals surface area contributed by atoms with Gasteiger partial charge in [-0.3, -0.25) is 9.48 Å². The van der Waals surface area contributed by atoms with Crippen molar-refractivity contribution in [2.24, 2.45) is 0 Å². The van der Waals surface area contributed by atoms with Crippen LogP contribution in [0.15, 0.2) is 6.20 Å². The first-order valence-electron chi connectivity index (χ1n) is 3.95. The number of aryl methyl sites for hydroxylation is 1. The Morgan fingerprint density at radius 2 is 2.27 bits per heavy atom. The van der Waals surface area contributed by atoms with E-state index in [2.05, 4.69) is 10.3 Å². The van der Waals surface area contributed by atoms with Crippen LogP contribution in [-0.2, 0) is 6.54 Å². The molecule has 84 valence electrons. The maximum absolute atomic E-state index is 12.0. The number of hydrogen-bond acceptors (Lipinski definition) is 4. The minimum atomic E-state index is -4.89. The summed E-state index contributed by atoms with van der Waals surface area (Å²) >= 11 is 1.52.